The van der Waals surface area contributed by atoms with Crippen molar-refractivity contribution in [3.63, 3.8) is 0 Å². The summed E-state index contributed by atoms with van der Waals surface area (Å²) in [5, 5.41) is 2.60. The summed E-state index contributed by atoms with van der Waals surface area (Å²) in [7, 11) is 0. The monoisotopic (exact) mass is 305 g/mol. The maximum absolute atomic E-state index is 12.3. The molecule has 0 spiro atoms. The number of ether oxygens (including phenoxy) is 1. The van der Waals surface area contributed by atoms with Gasteiger partial charge in [0.1, 0.15) is 5.75 Å². The first kappa shape index (κ1) is 15.9. The Morgan fingerprint density at radius 2 is 1.95 bits per heavy atom. The van der Waals surface area contributed by atoms with Crippen molar-refractivity contribution in [3.8, 4) is 5.75 Å². The second kappa shape index (κ2) is 7.54. The fourth-order valence-electron chi connectivity index (χ4n) is 2.11. The third-order valence-corrected chi connectivity index (χ3v) is 3.10. The van der Waals surface area contributed by atoms with Gasteiger partial charge in [0.25, 0.3) is 0 Å². The highest BCUT2D eigenvalue weighted by molar-refractivity contribution is 5.92. The zero-order valence-electron chi connectivity index (χ0n) is 12.2. The summed E-state index contributed by atoms with van der Waals surface area (Å²) in [5.74, 6) is -0.284. The first-order valence-corrected chi connectivity index (χ1v) is 6.94. The van der Waals surface area contributed by atoms with Gasteiger partial charge >= 0.3 is 6.61 Å². The molecule has 2 aromatic rings. The number of para-hydroxylation sites is 2. The van der Waals surface area contributed by atoms with Crippen LogP contribution in [0.5, 0.6) is 5.75 Å². The predicted octanol–water partition coefficient (Wildman–Crippen LogP) is 4.17. The van der Waals surface area contributed by atoms with Crippen LogP contribution in [0, 0.1) is 6.92 Å². The van der Waals surface area contributed by atoms with E-state index in [9.17, 15) is 13.6 Å². The van der Waals surface area contributed by atoms with Gasteiger partial charge in [-0.1, -0.05) is 42.0 Å². The van der Waals surface area contributed by atoms with Crippen LogP contribution in [-0.2, 0) is 11.2 Å². The molecule has 0 unspecified atom stereocenters. The number of carbonyl (C=O) groups excluding carboxylic acids is 1. The second-order valence-corrected chi connectivity index (χ2v) is 4.91. The Bertz CT molecular complexity index is 644. The first-order chi connectivity index (χ1) is 10.5. The van der Waals surface area contributed by atoms with Crippen LogP contribution in [0.25, 0.3) is 0 Å². The molecule has 0 fully saturated rings. The Labute approximate surface area is 127 Å². The van der Waals surface area contributed by atoms with Crippen LogP contribution in [0.2, 0.25) is 0 Å². The van der Waals surface area contributed by atoms with E-state index >= 15 is 0 Å². The molecule has 0 saturated heterocycles. The number of amides is 1. The normalized spacial score (nSPS) is 10.5. The molecule has 0 aliphatic rings. The molecule has 0 aliphatic heterocycles. The van der Waals surface area contributed by atoms with Crippen molar-refractivity contribution in [1.82, 2.24) is 0 Å². The van der Waals surface area contributed by atoms with Crippen LogP contribution < -0.4 is 10.1 Å². The number of aryl methyl sites for hydroxylation is 2. The van der Waals surface area contributed by atoms with Crippen molar-refractivity contribution >= 4 is 11.6 Å². The second-order valence-electron chi connectivity index (χ2n) is 4.91. The molecular formula is C17H17F2NO2. The minimum absolute atomic E-state index is 0.0404. The number of rotatable bonds is 6. The summed E-state index contributed by atoms with van der Waals surface area (Å²) in [6, 6.07) is 14.0. The minimum atomic E-state index is -2.93. The summed E-state index contributed by atoms with van der Waals surface area (Å²) >= 11 is 0. The van der Waals surface area contributed by atoms with E-state index in [1.807, 2.05) is 31.2 Å². The molecule has 2 rings (SSSR count). The molecule has 116 valence electrons. The van der Waals surface area contributed by atoms with E-state index in [0.29, 0.717) is 6.42 Å². The van der Waals surface area contributed by atoms with Crippen LogP contribution in [-0.4, -0.2) is 12.5 Å². The fourth-order valence-corrected chi connectivity index (χ4v) is 2.11. The van der Waals surface area contributed by atoms with Crippen molar-refractivity contribution in [3.05, 3.63) is 59.7 Å². The highest BCUT2D eigenvalue weighted by Gasteiger charge is 2.11. The van der Waals surface area contributed by atoms with Gasteiger partial charge in [0, 0.05) is 6.42 Å². The van der Waals surface area contributed by atoms with E-state index in [0.717, 1.165) is 11.1 Å². The molecule has 1 amide bonds. The lowest BCUT2D eigenvalue weighted by Crippen LogP contribution is -2.14. The molecular weight excluding hydrogens is 288 g/mol. The van der Waals surface area contributed by atoms with E-state index in [1.165, 1.54) is 12.1 Å². The number of anilines is 1. The Hall–Kier alpha value is -2.43. The van der Waals surface area contributed by atoms with E-state index < -0.39 is 6.61 Å². The first-order valence-electron chi connectivity index (χ1n) is 6.94. The zero-order chi connectivity index (χ0) is 15.9. The third-order valence-electron chi connectivity index (χ3n) is 3.10. The van der Waals surface area contributed by atoms with Crippen molar-refractivity contribution in [1.29, 1.82) is 0 Å². The molecule has 3 nitrogen and oxygen atoms in total. The van der Waals surface area contributed by atoms with Crippen LogP contribution in [0.4, 0.5) is 14.5 Å². The molecule has 5 heteroatoms. The number of halogens is 2. The van der Waals surface area contributed by atoms with Gasteiger partial charge in [-0.3, -0.25) is 4.79 Å². The smallest absolute Gasteiger partial charge is 0.387 e. The molecule has 0 atom stereocenters. The standard InChI is InChI=1S/C17H17F2NO2/c1-12-5-4-6-13(11-12)9-10-16(21)20-14-7-2-3-8-15(14)22-17(18)19/h2-8,11,17H,9-10H2,1H3,(H,20,21). The van der Waals surface area contributed by atoms with E-state index in [-0.39, 0.29) is 23.8 Å². The topological polar surface area (TPSA) is 38.3 Å². The lowest BCUT2D eigenvalue weighted by atomic mass is 10.1. The Balaban J connectivity index is 1.95. The maximum atomic E-state index is 12.3. The van der Waals surface area contributed by atoms with Crippen LogP contribution in [0.1, 0.15) is 17.5 Å². The van der Waals surface area contributed by atoms with Crippen LogP contribution >= 0.6 is 0 Å². The van der Waals surface area contributed by atoms with Gasteiger partial charge in [-0.2, -0.15) is 8.78 Å². The SMILES string of the molecule is Cc1cccc(CCC(=O)Nc2ccccc2OC(F)F)c1. The number of hydrogen-bond donors (Lipinski definition) is 1. The van der Waals surface area contributed by atoms with Crippen LogP contribution in [0.3, 0.4) is 0 Å². The molecule has 2 aromatic carbocycles. The summed E-state index contributed by atoms with van der Waals surface area (Å²) in [4.78, 5) is 12.0. The molecule has 22 heavy (non-hydrogen) atoms. The highest BCUT2D eigenvalue weighted by atomic mass is 19.3. The average molecular weight is 305 g/mol. The largest absolute Gasteiger partial charge is 0.433 e. The van der Waals surface area contributed by atoms with Crippen molar-refractivity contribution in [2.75, 3.05) is 5.32 Å². The highest BCUT2D eigenvalue weighted by Crippen LogP contribution is 2.25. The molecule has 0 saturated carbocycles. The number of hydrogen-bond acceptors (Lipinski definition) is 2. The van der Waals surface area contributed by atoms with Crippen molar-refractivity contribution < 1.29 is 18.3 Å². The molecule has 0 aromatic heterocycles. The van der Waals surface area contributed by atoms with E-state index in [2.05, 4.69) is 10.1 Å². The number of alkyl halides is 2. The zero-order valence-corrected chi connectivity index (χ0v) is 12.2. The van der Waals surface area contributed by atoms with Gasteiger partial charge in [-0.15, -0.1) is 0 Å². The summed E-state index contributed by atoms with van der Waals surface area (Å²) in [5.41, 5.74) is 2.44. The average Bonchev–Trinajstić information content (AvgIpc) is 2.47. The lowest BCUT2D eigenvalue weighted by Gasteiger charge is -2.11. The van der Waals surface area contributed by atoms with Gasteiger partial charge in [-0.05, 0) is 31.0 Å². The summed E-state index contributed by atoms with van der Waals surface area (Å²) in [6.45, 7) is -0.938. The Morgan fingerprint density at radius 1 is 1.18 bits per heavy atom. The number of nitrogens with one attached hydrogen (secondary N) is 1. The molecule has 0 radical (unpaired) electrons. The van der Waals surface area contributed by atoms with Gasteiger partial charge in [0.2, 0.25) is 5.91 Å². The Morgan fingerprint density at radius 3 is 2.68 bits per heavy atom. The number of carbonyl (C=O) groups is 1. The Kier molecular flexibility index (Phi) is 5.47. The van der Waals surface area contributed by atoms with E-state index in [1.54, 1.807) is 12.1 Å². The molecule has 1 N–H and O–H groups in total. The van der Waals surface area contributed by atoms with Gasteiger partial charge in [-0.25, -0.2) is 0 Å². The van der Waals surface area contributed by atoms with E-state index in [4.69, 9.17) is 0 Å². The van der Waals surface area contributed by atoms with Gasteiger partial charge in [0.05, 0.1) is 5.69 Å². The quantitative estimate of drug-likeness (QED) is 0.870. The lowest BCUT2D eigenvalue weighted by molar-refractivity contribution is -0.116. The summed E-state index contributed by atoms with van der Waals surface area (Å²) in [6.07, 6.45) is 0.859. The van der Waals surface area contributed by atoms with Crippen molar-refractivity contribution in [2.45, 2.75) is 26.4 Å². The van der Waals surface area contributed by atoms with Gasteiger partial charge < -0.3 is 10.1 Å². The van der Waals surface area contributed by atoms with Gasteiger partial charge in [0.15, 0.2) is 0 Å². The molecule has 0 bridgehead atoms. The molecule has 0 heterocycles. The predicted molar refractivity (Wildman–Crippen MR) is 81.2 cm³/mol. The fraction of sp³-hybridized carbons (Fsp3) is 0.235. The third kappa shape index (κ3) is 4.84. The van der Waals surface area contributed by atoms with Crippen molar-refractivity contribution in [2.24, 2.45) is 0 Å². The molecule has 0 aliphatic carbocycles. The minimum Gasteiger partial charge on any atom is -0.433 e. The summed E-state index contributed by atoms with van der Waals surface area (Å²) < 4.78 is 29.0. The maximum Gasteiger partial charge on any atom is 0.387 e. The number of benzene rings is 2. The van der Waals surface area contributed by atoms with Crippen LogP contribution in [0.15, 0.2) is 48.5 Å².